The van der Waals surface area contributed by atoms with Crippen LogP contribution in [0.3, 0.4) is 0 Å². The van der Waals surface area contributed by atoms with Crippen LogP contribution < -0.4 is 4.74 Å². The van der Waals surface area contributed by atoms with E-state index < -0.39 is 6.10 Å². The van der Waals surface area contributed by atoms with Gasteiger partial charge in [0.15, 0.2) is 0 Å². The molecule has 1 N–H and O–H groups in total. The van der Waals surface area contributed by atoms with Gasteiger partial charge in [0, 0.05) is 18.0 Å². The molecule has 0 radical (unpaired) electrons. The Kier molecular flexibility index (Phi) is 8.96. The van der Waals surface area contributed by atoms with E-state index in [2.05, 4.69) is 30.2 Å². The maximum atomic E-state index is 13.6. The Balaban J connectivity index is 1.42. The fourth-order valence-electron chi connectivity index (χ4n) is 4.77. The van der Waals surface area contributed by atoms with E-state index in [1.54, 1.807) is 11.3 Å². The number of ether oxygens (including phenoxy) is 1. The largest absolute Gasteiger partial charge is 0.491 e. The van der Waals surface area contributed by atoms with Crippen molar-refractivity contribution in [3.8, 4) is 5.75 Å². The van der Waals surface area contributed by atoms with Gasteiger partial charge in [0.05, 0.1) is 18.7 Å². The van der Waals surface area contributed by atoms with Crippen LogP contribution in [-0.2, 0) is 17.6 Å². The highest BCUT2D eigenvalue weighted by molar-refractivity contribution is 7.10. The number of fused-ring (bicyclic) bond motifs is 1. The normalized spacial score (nSPS) is 16.2. The fourth-order valence-corrected chi connectivity index (χ4v) is 5.69. The molecule has 186 valence electrons. The minimum atomic E-state index is -0.512. The van der Waals surface area contributed by atoms with Crippen LogP contribution in [0.25, 0.3) is 0 Å². The van der Waals surface area contributed by atoms with Crippen molar-refractivity contribution in [3.63, 3.8) is 0 Å². The fraction of sp³-hybridized carbons (Fsp3) is 0.414. The predicted octanol–water partition coefficient (Wildman–Crippen LogP) is 4.88. The summed E-state index contributed by atoms with van der Waals surface area (Å²) in [5.41, 5.74) is 3.50. The van der Waals surface area contributed by atoms with Gasteiger partial charge in [-0.1, -0.05) is 55.0 Å². The zero-order valence-electron chi connectivity index (χ0n) is 20.7. The zero-order valence-corrected chi connectivity index (χ0v) is 21.5. The number of benzene rings is 2. The standard InChI is InChI=1S/C29H36N2O3S/c1-3-15-30(19-24(32)18-23-7-5-4-6-8-23)20-29(33)31-16-13-28-26(14-17-35-28)27(31)21-34-25-11-9-22(2)10-12-25/h4-12,14,17,24,27,32H,3,13,15-16,18-21H2,1-2H3/t24-,27+/m0/s1. The lowest BCUT2D eigenvalue weighted by Gasteiger charge is -2.37. The van der Waals surface area contributed by atoms with Gasteiger partial charge >= 0.3 is 0 Å². The number of carbonyl (C=O) groups excluding carboxylic acids is 1. The van der Waals surface area contributed by atoms with Crippen molar-refractivity contribution in [2.45, 2.75) is 45.3 Å². The van der Waals surface area contributed by atoms with Crippen molar-refractivity contribution >= 4 is 17.2 Å². The van der Waals surface area contributed by atoms with Gasteiger partial charge in [0.2, 0.25) is 5.91 Å². The van der Waals surface area contributed by atoms with Crippen molar-refractivity contribution in [2.24, 2.45) is 0 Å². The first kappa shape index (κ1) is 25.4. The molecule has 1 aromatic heterocycles. The number of rotatable bonds is 11. The quantitative estimate of drug-likeness (QED) is 0.415. The Hall–Kier alpha value is -2.67. The van der Waals surface area contributed by atoms with Gasteiger partial charge in [-0.05, 0) is 67.4 Å². The molecule has 0 saturated heterocycles. The number of aliphatic hydroxyl groups is 1. The molecule has 5 nitrogen and oxygen atoms in total. The molecule has 0 aliphatic carbocycles. The van der Waals surface area contributed by atoms with Crippen LogP contribution in [-0.4, -0.2) is 59.7 Å². The van der Waals surface area contributed by atoms with Crippen molar-refractivity contribution < 1.29 is 14.6 Å². The number of hydrogen-bond donors (Lipinski definition) is 1. The molecule has 2 aromatic carbocycles. The van der Waals surface area contributed by atoms with Crippen LogP contribution in [0.5, 0.6) is 5.75 Å². The molecule has 2 heterocycles. The minimum absolute atomic E-state index is 0.0970. The van der Waals surface area contributed by atoms with Crippen LogP contribution in [0.1, 0.15) is 41.0 Å². The Morgan fingerprint density at radius 3 is 2.69 bits per heavy atom. The number of amides is 1. The third-order valence-corrected chi connectivity index (χ3v) is 7.52. The highest BCUT2D eigenvalue weighted by atomic mass is 32.1. The van der Waals surface area contributed by atoms with Gasteiger partial charge in [-0.25, -0.2) is 0 Å². The molecule has 6 heteroatoms. The van der Waals surface area contributed by atoms with E-state index in [-0.39, 0.29) is 11.9 Å². The van der Waals surface area contributed by atoms with Crippen LogP contribution in [0, 0.1) is 6.92 Å². The average Bonchev–Trinajstić information content (AvgIpc) is 3.33. The second-order valence-electron chi connectivity index (χ2n) is 9.35. The summed E-state index contributed by atoms with van der Waals surface area (Å²) in [5, 5.41) is 12.8. The summed E-state index contributed by atoms with van der Waals surface area (Å²) in [7, 11) is 0. The van der Waals surface area contributed by atoms with E-state index in [0.29, 0.717) is 32.7 Å². The highest BCUT2D eigenvalue weighted by Crippen LogP contribution is 2.34. The third-order valence-electron chi connectivity index (χ3n) is 6.53. The first-order valence-electron chi connectivity index (χ1n) is 12.5. The minimum Gasteiger partial charge on any atom is -0.491 e. The van der Waals surface area contributed by atoms with Gasteiger partial charge in [-0.3, -0.25) is 9.69 Å². The number of thiophene rings is 1. The number of nitrogens with zero attached hydrogens (tertiary/aromatic N) is 2. The molecule has 1 amide bonds. The van der Waals surface area contributed by atoms with Gasteiger partial charge < -0.3 is 14.7 Å². The van der Waals surface area contributed by atoms with E-state index in [4.69, 9.17) is 4.74 Å². The lowest BCUT2D eigenvalue weighted by atomic mass is 10.00. The van der Waals surface area contributed by atoms with Gasteiger partial charge in [-0.2, -0.15) is 0 Å². The molecule has 2 atom stereocenters. The molecule has 0 bridgehead atoms. The lowest BCUT2D eigenvalue weighted by Crippen LogP contribution is -2.48. The summed E-state index contributed by atoms with van der Waals surface area (Å²) in [4.78, 5) is 19.0. The molecule has 0 unspecified atom stereocenters. The Bertz CT molecular complexity index is 1070. The number of aliphatic hydroxyl groups excluding tert-OH is 1. The maximum absolute atomic E-state index is 13.6. The Morgan fingerprint density at radius 2 is 1.94 bits per heavy atom. The summed E-state index contributed by atoms with van der Waals surface area (Å²) in [5.74, 6) is 0.918. The van der Waals surface area contributed by atoms with Crippen molar-refractivity contribution in [2.75, 3.05) is 32.8 Å². The van der Waals surface area contributed by atoms with Crippen molar-refractivity contribution in [3.05, 3.63) is 87.6 Å². The molecule has 35 heavy (non-hydrogen) atoms. The summed E-state index contributed by atoms with van der Waals surface area (Å²) in [6, 6.07) is 20.1. The number of hydrogen-bond acceptors (Lipinski definition) is 5. The molecule has 3 aromatic rings. The maximum Gasteiger partial charge on any atom is 0.237 e. The first-order chi connectivity index (χ1) is 17.0. The summed E-state index contributed by atoms with van der Waals surface area (Å²) < 4.78 is 6.15. The zero-order chi connectivity index (χ0) is 24.6. The topological polar surface area (TPSA) is 53.0 Å². The molecule has 1 aliphatic heterocycles. The molecule has 0 fully saturated rings. The van der Waals surface area contributed by atoms with Crippen molar-refractivity contribution in [1.29, 1.82) is 0 Å². The highest BCUT2D eigenvalue weighted by Gasteiger charge is 2.33. The summed E-state index contributed by atoms with van der Waals surface area (Å²) >= 11 is 1.76. The van der Waals surface area contributed by atoms with E-state index in [1.807, 2.05) is 59.5 Å². The van der Waals surface area contributed by atoms with Gasteiger partial charge in [0.1, 0.15) is 12.4 Å². The lowest BCUT2D eigenvalue weighted by molar-refractivity contribution is -0.136. The smallest absolute Gasteiger partial charge is 0.237 e. The summed E-state index contributed by atoms with van der Waals surface area (Å²) in [6.45, 7) is 6.86. The second-order valence-corrected chi connectivity index (χ2v) is 10.4. The SMILES string of the molecule is CCCN(CC(=O)N1CCc2sccc2[C@H]1COc1ccc(C)cc1)C[C@@H](O)Cc1ccccc1. The Labute approximate surface area is 213 Å². The van der Waals surface area contributed by atoms with Crippen LogP contribution in [0.4, 0.5) is 0 Å². The van der Waals surface area contributed by atoms with E-state index in [9.17, 15) is 9.90 Å². The summed E-state index contributed by atoms with van der Waals surface area (Å²) in [6.07, 6.45) is 1.89. The van der Waals surface area contributed by atoms with Crippen molar-refractivity contribution in [1.82, 2.24) is 9.80 Å². The monoisotopic (exact) mass is 492 g/mol. The number of carbonyl (C=O) groups is 1. The third kappa shape index (κ3) is 6.94. The predicted molar refractivity (Wildman–Crippen MR) is 142 cm³/mol. The molecular weight excluding hydrogens is 456 g/mol. The molecule has 4 rings (SSSR count). The molecule has 0 spiro atoms. The number of aryl methyl sites for hydroxylation is 1. The van der Waals surface area contributed by atoms with E-state index in [0.717, 1.165) is 30.7 Å². The van der Waals surface area contributed by atoms with Crippen LogP contribution >= 0.6 is 11.3 Å². The molecular formula is C29H36N2O3S. The first-order valence-corrected chi connectivity index (χ1v) is 13.4. The second kappa shape index (κ2) is 12.3. The van der Waals surface area contributed by atoms with Crippen LogP contribution in [0.15, 0.2) is 66.0 Å². The van der Waals surface area contributed by atoms with Gasteiger partial charge in [0.25, 0.3) is 0 Å². The molecule has 0 saturated carbocycles. The average molecular weight is 493 g/mol. The van der Waals surface area contributed by atoms with Crippen LogP contribution in [0.2, 0.25) is 0 Å². The van der Waals surface area contributed by atoms with E-state index >= 15 is 0 Å². The Morgan fingerprint density at radius 1 is 1.17 bits per heavy atom. The molecule has 1 aliphatic rings. The van der Waals surface area contributed by atoms with E-state index in [1.165, 1.54) is 16.0 Å². The van der Waals surface area contributed by atoms with Gasteiger partial charge in [-0.15, -0.1) is 11.3 Å².